The minimum atomic E-state index is -0.257. The molecule has 0 spiro atoms. The minimum absolute atomic E-state index is 0.0115. The molecule has 2 aromatic rings. The van der Waals surface area contributed by atoms with Gasteiger partial charge in [-0.15, -0.1) is 0 Å². The molecule has 1 fully saturated rings. The number of benzene rings is 1. The first-order chi connectivity index (χ1) is 12.2. The maximum atomic E-state index is 12.5. The average molecular weight is 340 g/mol. The van der Waals surface area contributed by atoms with Gasteiger partial charge in [-0.1, -0.05) is 23.4 Å². The lowest BCUT2D eigenvalue weighted by atomic mass is 9.98. The van der Waals surface area contributed by atoms with Crippen LogP contribution in [0.1, 0.15) is 24.1 Å². The highest BCUT2D eigenvalue weighted by atomic mass is 16.5. The van der Waals surface area contributed by atoms with E-state index in [-0.39, 0.29) is 18.5 Å². The molecule has 130 valence electrons. The Bertz CT molecular complexity index is 787. The maximum Gasteiger partial charge on any atom is 0.325 e. The van der Waals surface area contributed by atoms with Gasteiger partial charge in [-0.3, -0.25) is 15.0 Å². The Balaban J connectivity index is 1.39. The third-order valence-electron chi connectivity index (χ3n) is 4.71. The number of carbonyl (C=O) groups is 2. The van der Waals surface area contributed by atoms with Gasteiger partial charge in [-0.25, -0.2) is 4.79 Å². The molecule has 1 aromatic heterocycles. The van der Waals surface area contributed by atoms with Crippen molar-refractivity contribution in [3.63, 3.8) is 0 Å². The number of para-hydroxylation sites is 1. The number of anilines is 2. The van der Waals surface area contributed by atoms with Crippen LogP contribution in [-0.4, -0.2) is 41.6 Å². The monoisotopic (exact) mass is 340 g/mol. The fourth-order valence-corrected chi connectivity index (χ4v) is 3.41. The second-order valence-electron chi connectivity index (χ2n) is 6.38. The van der Waals surface area contributed by atoms with Crippen LogP contribution in [0.15, 0.2) is 34.9 Å². The Labute approximate surface area is 145 Å². The van der Waals surface area contributed by atoms with E-state index in [1.165, 1.54) is 0 Å². The minimum Gasteiger partial charge on any atom is -0.338 e. The quantitative estimate of drug-likeness (QED) is 0.927. The highest BCUT2D eigenvalue weighted by Gasteiger charge is 2.31. The van der Waals surface area contributed by atoms with Crippen LogP contribution in [0.5, 0.6) is 0 Å². The first-order valence-corrected chi connectivity index (χ1v) is 8.61. The van der Waals surface area contributed by atoms with Crippen molar-refractivity contribution < 1.29 is 14.1 Å². The van der Waals surface area contributed by atoms with Gasteiger partial charge in [0.2, 0.25) is 11.8 Å². The van der Waals surface area contributed by atoms with Gasteiger partial charge in [0.15, 0.2) is 0 Å². The molecule has 25 heavy (non-hydrogen) atoms. The van der Waals surface area contributed by atoms with Crippen molar-refractivity contribution in [1.29, 1.82) is 0 Å². The Kier molecular flexibility index (Phi) is 4.13. The summed E-state index contributed by atoms with van der Waals surface area (Å²) in [5.41, 5.74) is 2.78. The van der Waals surface area contributed by atoms with Crippen molar-refractivity contribution in [3.05, 3.63) is 41.6 Å². The number of amides is 3. The number of nitrogens with one attached hydrogen (secondary N) is 1. The van der Waals surface area contributed by atoms with E-state index in [2.05, 4.69) is 10.5 Å². The van der Waals surface area contributed by atoms with E-state index in [4.69, 9.17) is 4.52 Å². The van der Waals surface area contributed by atoms with E-state index < -0.39 is 0 Å². The van der Waals surface area contributed by atoms with Crippen LogP contribution in [0.25, 0.3) is 0 Å². The molecule has 0 saturated carbocycles. The van der Waals surface area contributed by atoms with Crippen LogP contribution in [0.2, 0.25) is 0 Å². The number of urea groups is 1. The zero-order chi connectivity index (χ0) is 17.2. The van der Waals surface area contributed by atoms with Gasteiger partial charge in [0.1, 0.15) is 6.54 Å². The lowest BCUT2D eigenvalue weighted by molar-refractivity contribution is -0.116. The summed E-state index contributed by atoms with van der Waals surface area (Å²) in [5, 5.41) is 6.80. The number of aromatic nitrogens is 1. The smallest absolute Gasteiger partial charge is 0.325 e. The summed E-state index contributed by atoms with van der Waals surface area (Å²) in [6.45, 7) is 1.11. The van der Waals surface area contributed by atoms with Gasteiger partial charge >= 0.3 is 6.03 Å². The topological polar surface area (TPSA) is 78.7 Å². The molecular formula is C18H20N4O3. The number of hydrogen-bond donors (Lipinski definition) is 1. The Hall–Kier alpha value is -2.83. The summed E-state index contributed by atoms with van der Waals surface area (Å²) in [5.74, 6) is 0.180. The van der Waals surface area contributed by atoms with Crippen LogP contribution >= 0.6 is 0 Å². The molecule has 4 rings (SSSR count). The van der Waals surface area contributed by atoms with E-state index in [9.17, 15) is 9.59 Å². The summed E-state index contributed by atoms with van der Waals surface area (Å²) in [7, 11) is 0. The normalized spacial score (nSPS) is 16.9. The molecule has 1 aromatic carbocycles. The second-order valence-corrected chi connectivity index (χ2v) is 6.38. The van der Waals surface area contributed by atoms with Crippen LogP contribution in [0, 0.1) is 0 Å². The van der Waals surface area contributed by atoms with Crippen molar-refractivity contribution in [2.45, 2.75) is 25.7 Å². The molecule has 0 unspecified atom stereocenters. The van der Waals surface area contributed by atoms with Crippen molar-refractivity contribution in [2.75, 3.05) is 29.9 Å². The number of aryl methyl sites for hydroxylation is 1. The summed E-state index contributed by atoms with van der Waals surface area (Å²) < 4.78 is 5.27. The van der Waals surface area contributed by atoms with Crippen LogP contribution < -0.4 is 10.2 Å². The van der Waals surface area contributed by atoms with E-state index in [0.29, 0.717) is 19.0 Å². The highest BCUT2D eigenvalue weighted by Crippen LogP contribution is 2.27. The van der Waals surface area contributed by atoms with Crippen molar-refractivity contribution >= 4 is 23.5 Å². The lowest BCUT2D eigenvalue weighted by Crippen LogP contribution is -2.37. The zero-order valence-electron chi connectivity index (χ0n) is 13.9. The fraction of sp³-hybridized carbons (Fsp3) is 0.389. The molecule has 2 aliphatic rings. The summed E-state index contributed by atoms with van der Waals surface area (Å²) in [6.07, 6.45) is 3.95. The lowest BCUT2D eigenvalue weighted by Gasteiger charge is -2.18. The van der Waals surface area contributed by atoms with Gasteiger partial charge in [0, 0.05) is 24.3 Å². The van der Waals surface area contributed by atoms with Gasteiger partial charge in [-0.2, -0.15) is 0 Å². The van der Waals surface area contributed by atoms with Gasteiger partial charge in [0.05, 0.1) is 5.69 Å². The second kappa shape index (κ2) is 6.58. The zero-order valence-corrected chi connectivity index (χ0v) is 13.9. The Morgan fingerprint density at radius 3 is 2.80 bits per heavy atom. The van der Waals surface area contributed by atoms with E-state index >= 15 is 0 Å². The molecule has 7 nitrogen and oxygen atoms in total. The maximum absolute atomic E-state index is 12.5. The number of hydrogen-bond acceptors (Lipinski definition) is 4. The molecule has 3 amide bonds. The molecule has 1 saturated heterocycles. The summed E-state index contributed by atoms with van der Waals surface area (Å²) in [4.78, 5) is 28.1. The van der Waals surface area contributed by atoms with Crippen LogP contribution in [0.3, 0.4) is 0 Å². The number of nitrogens with zero attached hydrogens (tertiary/aromatic N) is 3. The van der Waals surface area contributed by atoms with Crippen LogP contribution in [-0.2, 0) is 17.6 Å². The van der Waals surface area contributed by atoms with Gasteiger partial charge in [-0.05, 0) is 37.8 Å². The number of carbonyl (C=O) groups excluding carboxylic acids is 2. The molecule has 1 N–H and O–H groups in total. The summed E-state index contributed by atoms with van der Waals surface area (Å²) >= 11 is 0. The first kappa shape index (κ1) is 15.7. The molecular weight excluding hydrogens is 320 g/mol. The SMILES string of the molecule is O=C(CN1CCN(c2ccccc2)C1=O)Nc1onc2c1CCCC2. The van der Waals surface area contributed by atoms with Gasteiger partial charge in [0.25, 0.3) is 0 Å². The third kappa shape index (κ3) is 3.09. The molecule has 7 heteroatoms. The molecule has 1 aliphatic carbocycles. The Morgan fingerprint density at radius 2 is 1.96 bits per heavy atom. The third-order valence-corrected chi connectivity index (χ3v) is 4.71. The standard InChI is InChI=1S/C18H20N4O3/c23-16(19-17-14-8-4-5-9-15(14)20-25-17)12-21-10-11-22(18(21)24)13-6-2-1-3-7-13/h1-3,6-7H,4-5,8-12H2,(H,19,23). The number of rotatable bonds is 4. The van der Waals surface area contributed by atoms with E-state index in [1.54, 1.807) is 9.80 Å². The molecule has 0 bridgehead atoms. The Morgan fingerprint density at radius 1 is 1.16 bits per heavy atom. The van der Waals surface area contributed by atoms with Gasteiger partial charge < -0.3 is 9.42 Å². The molecule has 1 aliphatic heterocycles. The predicted molar refractivity (Wildman–Crippen MR) is 92.5 cm³/mol. The number of fused-ring (bicyclic) bond motifs is 1. The van der Waals surface area contributed by atoms with Crippen molar-refractivity contribution in [1.82, 2.24) is 10.1 Å². The predicted octanol–water partition coefficient (Wildman–Crippen LogP) is 2.43. The average Bonchev–Trinajstić information content (AvgIpc) is 3.20. The molecule has 2 heterocycles. The molecule has 0 atom stereocenters. The van der Waals surface area contributed by atoms with E-state index in [1.807, 2.05) is 30.3 Å². The van der Waals surface area contributed by atoms with E-state index in [0.717, 1.165) is 42.6 Å². The van der Waals surface area contributed by atoms with Crippen molar-refractivity contribution in [2.24, 2.45) is 0 Å². The van der Waals surface area contributed by atoms with Crippen LogP contribution in [0.4, 0.5) is 16.4 Å². The first-order valence-electron chi connectivity index (χ1n) is 8.61. The largest absolute Gasteiger partial charge is 0.338 e. The molecule has 0 radical (unpaired) electrons. The van der Waals surface area contributed by atoms with Crippen molar-refractivity contribution in [3.8, 4) is 0 Å². The highest BCUT2D eigenvalue weighted by molar-refractivity contribution is 5.99. The summed E-state index contributed by atoms with van der Waals surface area (Å²) in [6, 6.07) is 9.33. The fourth-order valence-electron chi connectivity index (χ4n) is 3.41.